The van der Waals surface area contributed by atoms with Crippen LogP contribution in [0.3, 0.4) is 0 Å². The molecule has 10 heteroatoms. The van der Waals surface area contributed by atoms with Gasteiger partial charge < -0.3 is 29.1 Å². The summed E-state index contributed by atoms with van der Waals surface area (Å²) in [5, 5.41) is 10.4. The Hall–Kier alpha value is -2.27. The number of hydrogen-bond acceptors (Lipinski definition) is 8. The maximum absolute atomic E-state index is 14.3. The summed E-state index contributed by atoms with van der Waals surface area (Å²) in [5.41, 5.74) is -2.42. The van der Waals surface area contributed by atoms with Crippen molar-refractivity contribution in [3.05, 3.63) is 24.3 Å². The monoisotopic (exact) mass is 517 g/mol. The molecule has 3 saturated heterocycles. The Kier molecular flexibility index (Phi) is 7.21. The molecule has 0 radical (unpaired) electrons. The average Bonchev–Trinajstić information content (AvgIpc) is 3.15. The first-order valence-electron chi connectivity index (χ1n) is 13.5. The van der Waals surface area contributed by atoms with Gasteiger partial charge in [-0.15, -0.1) is 0 Å². The lowest BCUT2D eigenvalue weighted by Crippen LogP contribution is -2.60. The second kappa shape index (κ2) is 10.1. The number of fused-ring (bicyclic) bond motifs is 2. The molecule has 0 bridgehead atoms. The molecule has 0 aromatic heterocycles. The Morgan fingerprint density at radius 2 is 1.84 bits per heavy atom. The first-order chi connectivity index (χ1) is 17.8. The molecule has 7 atom stereocenters. The van der Waals surface area contributed by atoms with E-state index in [9.17, 15) is 19.5 Å². The van der Waals surface area contributed by atoms with Crippen LogP contribution in [0, 0.1) is 17.8 Å². The number of hydrogen-bond donors (Lipinski definition) is 1. The minimum Gasteiger partial charge on any atom is -0.461 e. The highest BCUT2D eigenvalue weighted by Crippen LogP contribution is 2.57. The van der Waals surface area contributed by atoms with Crippen molar-refractivity contribution in [2.75, 3.05) is 59.2 Å². The molecular weight excluding hydrogens is 478 g/mol. The number of ether oxygens (including phenoxy) is 3. The zero-order valence-corrected chi connectivity index (χ0v) is 22.0. The minimum atomic E-state index is -1.33. The van der Waals surface area contributed by atoms with Gasteiger partial charge in [0.2, 0.25) is 11.8 Å². The Balaban J connectivity index is 1.55. The highest BCUT2D eigenvalue weighted by molar-refractivity contribution is 5.99. The summed E-state index contributed by atoms with van der Waals surface area (Å²) >= 11 is 0. The van der Waals surface area contributed by atoms with Crippen molar-refractivity contribution in [2.24, 2.45) is 17.8 Å². The van der Waals surface area contributed by atoms with E-state index in [0.29, 0.717) is 32.8 Å². The smallest absolute Gasteiger partial charge is 0.313 e. The van der Waals surface area contributed by atoms with E-state index in [1.807, 2.05) is 26.0 Å². The van der Waals surface area contributed by atoms with Gasteiger partial charge in [-0.05, 0) is 18.9 Å². The van der Waals surface area contributed by atoms with Gasteiger partial charge >= 0.3 is 5.97 Å². The van der Waals surface area contributed by atoms with E-state index < -0.39 is 41.1 Å². The number of aliphatic hydroxyl groups excluding tert-OH is 1. The van der Waals surface area contributed by atoms with Crippen LogP contribution >= 0.6 is 0 Å². The topological polar surface area (TPSA) is 109 Å². The summed E-state index contributed by atoms with van der Waals surface area (Å²) in [6, 6.07) is -1.56. The molecule has 37 heavy (non-hydrogen) atoms. The normalized spacial score (nSPS) is 37.5. The highest BCUT2D eigenvalue weighted by atomic mass is 16.6. The van der Waals surface area contributed by atoms with Gasteiger partial charge in [0, 0.05) is 32.7 Å². The van der Waals surface area contributed by atoms with Crippen molar-refractivity contribution >= 4 is 17.8 Å². The number of esters is 1. The van der Waals surface area contributed by atoms with Crippen molar-refractivity contribution < 1.29 is 33.7 Å². The van der Waals surface area contributed by atoms with E-state index in [1.165, 1.54) is 0 Å². The quantitative estimate of drug-likeness (QED) is 0.377. The van der Waals surface area contributed by atoms with Crippen molar-refractivity contribution in [1.29, 1.82) is 0 Å². The van der Waals surface area contributed by atoms with Gasteiger partial charge in [-0.25, -0.2) is 0 Å². The van der Waals surface area contributed by atoms with Gasteiger partial charge in [0.15, 0.2) is 0 Å². The summed E-state index contributed by atoms with van der Waals surface area (Å²) in [6.07, 6.45) is 7.97. The van der Waals surface area contributed by atoms with E-state index >= 15 is 0 Å². The van der Waals surface area contributed by atoms with Crippen molar-refractivity contribution in [3.63, 3.8) is 0 Å². The molecule has 5 rings (SSSR count). The third-order valence-corrected chi connectivity index (χ3v) is 8.97. The number of aliphatic hydroxyl groups is 1. The molecule has 0 saturated carbocycles. The van der Waals surface area contributed by atoms with Gasteiger partial charge in [-0.1, -0.05) is 38.5 Å². The van der Waals surface area contributed by atoms with Gasteiger partial charge in [-0.3, -0.25) is 19.3 Å². The molecule has 1 spiro atoms. The van der Waals surface area contributed by atoms with E-state index in [0.717, 1.165) is 19.5 Å². The number of morpholine rings is 1. The molecule has 3 fully saturated rings. The zero-order valence-electron chi connectivity index (χ0n) is 22.0. The predicted molar refractivity (Wildman–Crippen MR) is 133 cm³/mol. The SMILES string of the molecule is CC[C@H](C)[C@H](CO)N1C(=O)[C@@H]2[C@H]3C(=O)OCC=C[C@@]3(C)O[C@@]23C=CCN(CCN2CCOCC2)C(=O)C13. The lowest BCUT2D eigenvalue weighted by Gasteiger charge is -2.41. The number of rotatable bonds is 7. The lowest BCUT2D eigenvalue weighted by atomic mass is 9.75. The van der Waals surface area contributed by atoms with Gasteiger partial charge in [0.1, 0.15) is 24.2 Å². The Labute approximate surface area is 218 Å². The molecule has 0 aromatic carbocycles. The summed E-state index contributed by atoms with van der Waals surface area (Å²) in [7, 11) is 0. The summed E-state index contributed by atoms with van der Waals surface area (Å²) in [4.78, 5) is 47.4. The summed E-state index contributed by atoms with van der Waals surface area (Å²) in [5.74, 6) is -2.91. The fraction of sp³-hybridized carbons (Fsp3) is 0.741. The Bertz CT molecular complexity index is 979. The van der Waals surface area contributed by atoms with E-state index in [4.69, 9.17) is 14.2 Å². The Morgan fingerprint density at radius 3 is 2.54 bits per heavy atom. The van der Waals surface area contributed by atoms with Crippen LogP contribution in [0.25, 0.3) is 0 Å². The summed E-state index contributed by atoms with van der Waals surface area (Å²) in [6.45, 7) is 10.2. The number of carbonyl (C=O) groups is 3. The largest absolute Gasteiger partial charge is 0.461 e. The fourth-order valence-electron chi connectivity index (χ4n) is 6.80. The van der Waals surface area contributed by atoms with Crippen LogP contribution in [-0.4, -0.2) is 120 Å². The average molecular weight is 518 g/mol. The van der Waals surface area contributed by atoms with Crippen molar-refractivity contribution in [2.45, 2.75) is 50.5 Å². The van der Waals surface area contributed by atoms with Gasteiger partial charge in [0.25, 0.3) is 0 Å². The predicted octanol–water partition coefficient (Wildman–Crippen LogP) is 0.208. The first-order valence-corrected chi connectivity index (χ1v) is 13.5. The van der Waals surface area contributed by atoms with Crippen molar-refractivity contribution in [1.82, 2.24) is 14.7 Å². The minimum absolute atomic E-state index is 0.0565. The van der Waals surface area contributed by atoms with Crippen LogP contribution in [0.15, 0.2) is 24.3 Å². The maximum Gasteiger partial charge on any atom is 0.313 e. The van der Waals surface area contributed by atoms with Gasteiger partial charge in [-0.2, -0.15) is 0 Å². The van der Waals surface area contributed by atoms with Gasteiger partial charge in [0.05, 0.1) is 37.4 Å². The Morgan fingerprint density at radius 1 is 1.08 bits per heavy atom. The number of cyclic esters (lactones) is 1. The molecule has 204 valence electrons. The second-order valence-electron chi connectivity index (χ2n) is 11.1. The number of nitrogens with zero attached hydrogens (tertiary/aromatic N) is 3. The molecule has 0 aliphatic carbocycles. The summed E-state index contributed by atoms with van der Waals surface area (Å²) < 4.78 is 17.6. The molecule has 5 heterocycles. The third-order valence-electron chi connectivity index (χ3n) is 8.97. The fourth-order valence-corrected chi connectivity index (χ4v) is 6.80. The molecule has 5 aliphatic heterocycles. The standard InChI is InChI=1S/C27H39N3O7/c1-4-18(2)19(17-31)30-22-24(33)29(11-10-28-12-15-35-16-13-28)9-5-8-27(22)20(23(30)32)21-25(34)36-14-6-7-26(21,3)37-27/h5-8,18-22,31H,4,9-17H2,1-3H3/t18-,19-,20-,21-,22?,26+,27-/m0/s1. The molecule has 2 amide bonds. The van der Waals surface area contributed by atoms with Crippen LogP contribution < -0.4 is 0 Å². The van der Waals surface area contributed by atoms with Crippen LogP contribution in [0.1, 0.15) is 27.2 Å². The molecule has 0 aromatic rings. The third kappa shape index (κ3) is 4.22. The molecule has 1 N–H and O–H groups in total. The van der Waals surface area contributed by atoms with E-state index in [-0.39, 0.29) is 30.9 Å². The van der Waals surface area contributed by atoms with E-state index in [1.54, 1.807) is 28.9 Å². The zero-order chi connectivity index (χ0) is 26.4. The van der Waals surface area contributed by atoms with Crippen molar-refractivity contribution in [3.8, 4) is 0 Å². The number of likely N-dealkylation sites (tertiary alicyclic amines) is 1. The highest BCUT2D eigenvalue weighted by Gasteiger charge is 2.75. The van der Waals surface area contributed by atoms with E-state index in [2.05, 4.69) is 4.90 Å². The first kappa shape index (κ1) is 26.3. The molecule has 1 unspecified atom stereocenters. The molecule has 5 aliphatic rings. The number of amides is 2. The van der Waals surface area contributed by atoms with Crippen LogP contribution in [0.5, 0.6) is 0 Å². The van der Waals surface area contributed by atoms with Crippen LogP contribution in [0.4, 0.5) is 0 Å². The molecule has 10 nitrogen and oxygen atoms in total. The number of carbonyl (C=O) groups excluding carboxylic acids is 3. The van der Waals surface area contributed by atoms with Crippen LogP contribution in [0.2, 0.25) is 0 Å². The van der Waals surface area contributed by atoms with Crippen LogP contribution in [-0.2, 0) is 28.6 Å². The lowest BCUT2D eigenvalue weighted by molar-refractivity contribution is -0.160. The second-order valence-corrected chi connectivity index (χ2v) is 11.1. The molecular formula is C27H39N3O7. The maximum atomic E-state index is 14.3.